The number of benzene rings is 2. The number of ether oxygens (including phenoxy) is 1. The summed E-state index contributed by atoms with van der Waals surface area (Å²) < 4.78 is 22.1. The van der Waals surface area contributed by atoms with Crippen LogP contribution in [0.2, 0.25) is 0 Å². The van der Waals surface area contributed by atoms with Gasteiger partial charge in [0, 0.05) is 11.5 Å². The maximum absolute atomic E-state index is 13.1. The van der Waals surface area contributed by atoms with Crippen molar-refractivity contribution in [2.45, 2.75) is 18.7 Å². The van der Waals surface area contributed by atoms with Crippen LogP contribution in [0.5, 0.6) is 5.75 Å². The first kappa shape index (κ1) is 17.4. The minimum absolute atomic E-state index is 0.727. The van der Waals surface area contributed by atoms with Crippen LogP contribution in [0.4, 0.5) is 5.13 Å². The Morgan fingerprint density at radius 3 is 2.50 bits per heavy atom. The number of aromatic nitrogens is 1. The van der Waals surface area contributed by atoms with E-state index in [-0.39, 0.29) is 0 Å². The van der Waals surface area contributed by atoms with E-state index < -0.39 is 11.0 Å². The molecule has 0 radical (unpaired) electrons. The topological polar surface area (TPSA) is 42.4 Å². The number of methoxy groups -OCH3 is 1. The summed E-state index contributed by atoms with van der Waals surface area (Å²) in [5.74, 6) is 0.775. The van der Waals surface area contributed by atoms with Crippen LogP contribution < -0.4 is 9.04 Å². The molecule has 7 heteroatoms. The second kappa shape index (κ2) is 6.82. The van der Waals surface area contributed by atoms with Crippen molar-refractivity contribution in [3.05, 3.63) is 45.9 Å². The van der Waals surface area contributed by atoms with Crippen molar-refractivity contribution in [3.63, 3.8) is 0 Å². The number of para-hydroxylation sites is 1. The zero-order valence-electron chi connectivity index (χ0n) is 13.8. The lowest BCUT2D eigenvalue weighted by atomic mass is 10.1. The van der Waals surface area contributed by atoms with Crippen LogP contribution in [0.3, 0.4) is 0 Å². The molecule has 3 rings (SSSR count). The third-order valence-corrected chi connectivity index (χ3v) is 7.24. The van der Waals surface area contributed by atoms with Crippen LogP contribution in [-0.2, 0) is 11.0 Å². The van der Waals surface area contributed by atoms with Crippen LogP contribution >= 0.6 is 27.3 Å². The van der Waals surface area contributed by atoms with Gasteiger partial charge in [-0.2, -0.15) is 0 Å². The summed E-state index contributed by atoms with van der Waals surface area (Å²) in [5, 5.41) is 0.727. The number of fused-ring (bicyclic) bond motifs is 1. The molecule has 0 N–H and O–H groups in total. The van der Waals surface area contributed by atoms with Crippen LogP contribution in [0, 0.1) is 13.8 Å². The highest BCUT2D eigenvalue weighted by molar-refractivity contribution is 9.10. The second-order valence-electron chi connectivity index (χ2n) is 5.42. The van der Waals surface area contributed by atoms with Crippen LogP contribution in [0.1, 0.15) is 11.1 Å². The van der Waals surface area contributed by atoms with Gasteiger partial charge in [-0.05, 0) is 65.2 Å². The Labute approximate surface area is 156 Å². The molecule has 0 saturated carbocycles. The molecule has 0 amide bonds. The highest BCUT2D eigenvalue weighted by Gasteiger charge is 2.20. The van der Waals surface area contributed by atoms with Gasteiger partial charge in [0.05, 0.1) is 22.2 Å². The third-order valence-electron chi connectivity index (χ3n) is 3.72. The van der Waals surface area contributed by atoms with Crippen LogP contribution in [0.15, 0.2) is 39.7 Å². The smallest absolute Gasteiger partial charge is 0.198 e. The van der Waals surface area contributed by atoms with Gasteiger partial charge in [-0.1, -0.05) is 17.4 Å². The van der Waals surface area contributed by atoms with Crippen molar-refractivity contribution in [1.29, 1.82) is 0 Å². The highest BCUT2D eigenvalue weighted by Crippen LogP contribution is 2.35. The predicted molar refractivity (Wildman–Crippen MR) is 105 cm³/mol. The lowest BCUT2D eigenvalue weighted by Gasteiger charge is -2.18. The number of hydrogen-bond acceptors (Lipinski definition) is 4. The Kier molecular flexibility index (Phi) is 4.94. The lowest BCUT2D eigenvalue weighted by Crippen LogP contribution is -2.21. The molecule has 0 saturated heterocycles. The van der Waals surface area contributed by atoms with E-state index in [2.05, 4.69) is 20.9 Å². The number of halogens is 1. The minimum Gasteiger partial charge on any atom is -0.497 e. The quantitative estimate of drug-likeness (QED) is 0.601. The van der Waals surface area contributed by atoms with E-state index in [0.717, 1.165) is 41.6 Å². The fourth-order valence-electron chi connectivity index (χ4n) is 2.55. The summed E-state index contributed by atoms with van der Waals surface area (Å²) in [5.41, 5.74) is 2.78. The molecule has 1 heterocycles. The Morgan fingerprint density at radius 2 is 1.92 bits per heavy atom. The first-order valence-electron chi connectivity index (χ1n) is 7.28. The van der Waals surface area contributed by atoms with Gasteiger partial charge in [0.1, 0.15) is 5.75 Å². The summed E-state index contributed by atoms with van der Waals surface area (Å²) in [7, 11) is 2.11. The van der Waals surface area contributed by atoms with E-state index in [1.807, 2.05) is 51.2 Å². The molecule has 0 bridgehead atoms. The zero-order valence-corrected chi connectivity index (χ0v) is 17.0. The van der Waals surface area contributed by atoms with E-state index in [9.17, 15) is 4.21 Å². The molecule has 1 unspecified atom stereocenters. The monoisotopic (exact) mass is 424 g/mol. The molecule has 1 aromatic heterocycles. The fourth-order valence-corrected chi connectivity index (χ4v) is 5.44. The third kappa shape index (κ3) is 3.08. The van der Waals surface area contributed by atoms with Gasteiger partial charge in [-0.25, -0.2) is 9.19 Å². The van der Waals surface area contributed by atoms with Crippen molar-refractivity contribution in [2.24, 2.45) is 0 Å². The summed E-state index contributed by atoms with van der Waals surface area (Å²) in [6.07, 6.45) is 0. The Balaban J connectivity index is 2.01. The summed E-state index contributed by atoms with van der Waals surface area (Å²) in [6.45, 7) is 3.90. The second-order valence-corrected chi connectivity index (χ2v) is 8.74. The van der Waals surface area contributed by atoms with Crippen molar-refractivity contribution >= 4 is 53.6 Å². The molecule has 4 nitrogen and oxygen atoms in total. The van der Waals surface area contributed by atoms with Crippen molar-refractivity contribution < 1.29 is 8.95 Å². The molecule has 2 aromatic carbocycles. The fraction of sp³-hybridized carbons (Fsp3) is 0.235. The summed E-state index contributed by atoms with van der Waals surface area (Å²) in [6, 6.07) is 9.76. The van der Waals surface area contributed by atoms with Crippen molar-refractivity contribution in [2.75, 3.05) is 18.5 Å². The molecule has 1 atom stereocenters. The maximum Gasteiger partial charge on any atom is 0.198 e. The average molecular weight is 425 g/mol. The zero-order chi connectivity index (χ0) is 17.4. The minimum atomic E-state index is -1.34. The van der Waals surface area contributed by atoms with Gasteiger partial charge in [-0.3, -0.25) is 4.31 Å². The van der Waals surface area contributed by atoms with Gasteiger partial charge in [0.25, 0.3) is 0 Å². The molecule has 3 aromatic rings. The van der Waals surface area contributed by atoms with Gasteiger partial charge in [0.15, 0.2) is 16.1 Å². The van der Waals surface area contributed by atoms with Crippen LogP contribution in [-0.4, -0.2) is 23.4 Å². The van der Waals surface area contributed by atoms with E-state index >= 15 is 0 Å². The number of rotatable bonds is 4. The first-order valence-corrected chi connectivity index (χ1v) is 10.00. The molecule has 0 spiro atoms. The molecule has 0 aliphatic rings. The average Bonchev–Trinajstić information content (AvgIpc) is 2.98. The summed E-state index contributed by atoms with van der Waals surface area (Å²) >= 11 is 5.05. The van der Waals surface area contributed by atoms with Gasteiger partial charge >= 0.3 is 0 Å². The molecule has 24 heavy (non-hydrogen) atoms. The van der Waals surface area contributed by atoms with E-state index in [0.29, 0.717) is 0 Å². The van der Waals surface area contributed by atoms with E-state index in [4.69, 9.17) is 4.74 Å². The standard InChI is InChI=1S/C17H17BrN2O2S2/c1-10-8-12(22-4)9-11(2)16(10)24(21)20(3)17-19-15-13(18)6-5-7-14(15)23-17/h5-9H,1-4H3. The summed E-state index contributed by atoms with van der Waals surface area (Å²) in [4.78, 5) is 5.43. The molecular formula is C17H17BrN2O2S2. The number of anilines is 1. The number of nitrogens with zero attached hydrogens (tertiary/aromatic N) is 2. The number of thiazole rings is 1. The normalized spacial score (nSPS) is 12.4. The van der Waals surface area contributed by atoms with Gasteiger partial charge in [0.2, 0.25) is 0 Å². The van der Waals surface area contributed by atoms with Crippen LogP contribution in [0.25, 0.3) is 10.2 Å². The number of aryl methyl sites for hydroxylation is 2. The SMILES string of the molecule is COc1cc(C)c(S(=O)N(C)c2nc3c(Br)cccc3s2)c(C)c1. The predicted octanol–water partition coefficient (Wildman–Crippen LogP) is 4.84. The van der Waals surface area contributed by atoms with Crippen molar-refractivity contribution in [3.8, 4) is 5.75 Å². The maximum atomic E-state index is 13.1. The lowest BCUT2D eigenvalue weighted by molar-refractivity contribution is 0.413. The Hall–Kier alpha value is -1.44. The van der Waals surface area contributed by atoms with E-state index in [1.54, 1.807) is 11.4 Å². The van der Waals surface area contributed by atoms with Gasteiger partial charge in [-0.15, -0.1) is 0 Å². The number of hydrogen-bond donors (Lipinski definition) is 0. The first-order chi connectivity index (χ1) is 11.4. The van der Waals surface area contributed by atoms with Crippen molar-refractivity contribution in [1.82, 2.24) is 4.98 Å². The largest absolute Gasteiger partial charge is 0.497 e. The molecule has 0 aliphatic heterocycles. The van der Waals surface area contributed by atoms with E-state index in [1.165, 1.54) is 11.3 Å². The Bertz CT molecular complexity index is 916. The molecule has 0 aliphatic carbocycles. The highest BCUT2D eigenvalue weighted by atomic mass is 79.9. The Morgan fingerprint density at radius 1 is 1.25 bits per heavy atom. The molecular weight excluding hydrogens is 408 g/mol. The molecule has 0 fully saturated rings. The van der Waals surface area contributed by atoms with Gasteiger partial charge < -0.3 is 4.74 Å². The molecule has 126 valence electrons.